The number of nitrogen functional groups attached to an aromatic ring is 1. The van der Waals surface area contributed by atoms with E-state index in [0.29, 0.717) is 0 Å². The second-order valence-electron chi connectivity index (χ2n) is 3.49. The average Bonchev–Trinajstić information content (AvgIpc) is 2.73. The topological polar surface area (TPSA) is 61.3 Å². The summed E-state index contributed by atoms with van der Waals surface area (Å²) in [7, 11) is 1.67. The normalized spacial score (nSPS) is 10.3. The van der Waals surface area contributed by atoms with Gasteiger partial charge < -0.3 is 14.9 Å². The smallest absolute Gasteiger partial charge is 0.292 e. The zero-order chi connectivity index (χ0) is 11.4. The Kier molecular flexibility index (Phi) is 3.10. The van der Waals surface area contributed by atoms with Crippen molar-refractivity contribution in [3.8, 4) is 5.75 Å². The molecular weight excluding hydrogens is 204 g/mol. The first-order valence-electron chi connectivity index (χ1n) is 5.11. The average molecular weight is 218 g/mol. The van der Waals surface area contributed by atoms with Crippen molar-refractivity contribution in [1.29, 1.82) is 0 Å². The van der Waals surface area contributed by atoms with Crippen LogP contribution in [0.5, 0.6) is 5.75 Å². The van der Waals surface area contributed by atoms with Crippen LogP contribution in [0.2, 0.25) is 0 Å². The lowest BCUT2D eigenvalue weighted by Crippen LogP contribution is -1.95. The molecule has 0 fully saturated rings. The molecule has 1 aromatic heterocycles. The summed E-state index contributed by atoms with van der Waals surface area (Å²) < 4.78 is 10.2. The summed E-state index contributed by atoms with van der Waals surface area (Å²) in [5.41, 5.74) is 7.42. The minimum atomic E-state index is 0.218. The van der Waals surface area contributed by atoms with Gasteiger partial charge in [-0.15, -0.1) is 0 Å². The number of aryl methyl sites for hydroxylation is 2. The lowest BCUT2D eigenvalue weighted by Gasteiger charge is -2.06. The number of ether oxygens (including phenoxy) is 1. The van der Waals surface area contributed by atoms with Gasteiger partial charge in [0.15, 0.2) is 0 Å². The molecule has 0 aliphatic rings. The molecule has 0 saturated heterocycles. The Morgan fingerprint density at radius 1 is 1.31 bits per heavy atom. The van der Waals surface area contributed by atoms with E-state index < -0.39 is 0 Å². The number of benzene rings is 1. The van der Waals surface area contributed by atoms with Crippen molar-refractivity contribution in [2.24, 2.45) is 0 Å². The Labute approximate surface area is 94.1 Å². The van der Waals surface area contributed by atoms with Gasteiger partial charge in [0.25, 0.3) is 6.01 Å². The molecule has 1 aromatic carbocycles. The number of nitrogens with zero attached hydrogens (tertiary/aromatic N) is 1. The van der Waals surface area contributed by atoms with Crippen molar-refractivity contribution < 1.29 is 9.15 Å². The fourth-order valence-electron chi connectivity index (χ4n) is 1.61. The van der Waals surface area contributed by atoms with Crippen molar-refractivity contribution in [3.63, 3.8) is 0 Å². The lowest BCUT2D eigenvalue weighted by molar-refractivity contribution is 0.409. The number of hydrogen-bond donors (Lipinski definition) is 1. The minimum absolute atomic E-state index is 0.218. The van der Waals surface area contributed by atoms with E-state index in [-0.39, 0.29) is 6.01 Å². The van der Waals surface area contributed by atoms with Gasteiger partial charge in [0.2, 0.25) is 0 Å². The molecule has 0 unspecified atom stereocenters. The van der Waals surface area contributed by atoms with Crippen LogP contribution in [0.4, 0.5) is 6.01 Å². The fraction of sp³-hybridized carbons (Fsp3) is 0.250. The van der Waals surface area contributed by atoms with Gasteiger partial charge in [-0.2, -0.15) is 4.98 Å². The van der Waals surface area contributed by atoms with Gasteiger partial charge in [0.1, 0.15) is 12.0 Å². The first-order chi connectivity index (χ1) is 7.79. The second kappa shape index (κ2) is 4.70. The minimum Gasteiger partial charge on any atom is -0.496 e. The highest BCUT2D eigenvalue weighted by Crippen LogP contribution is 2.19. The second-order valence-corrected chi connectivity index (χ2v) is 3.49. The van der Waals surface area contributed by atoms with Crippen LogP contribution in [-0.2, 0) is 12.8 Å². The quantitative estimate of drug-likeness (QED) is 0.853. The largest absolute Gasteiger partial charge is 0.496 e. The van der Waals surface area contributed by atoms with Crippen molar-refractivity contribution in [3.05, 3.63) is 41.8 Å². The van der Waals surface area contributed by atoms with E-state index in [0.717, 1.165) is 29.8 Å². The van der Waals surface area contributed by atoms with E-state index in [1.807, 2.05) is 24.3 Å². The third-order valence-electron chi connectivity index (χ3n) is 2.41. The third kappa shape index (κ3) is 2.34. The number of hydrogen-bond acceptors (Lipinski definition) is 4. The molecule has 4 heteroatoms. The summed E-state index contributed by atoms with van der Waals surface area (Å²) in [6.07, 6.45) is 3.24. The monoisotopic (exact) mass is 218 g/mol. The summed E-state index contributed by atoms with van der Waals surface area (Å²) in [5, 5.41) is 0. The maximum Gasteiger partial charge on any atom is 0.292 e. The van der Waals surface area contributed by atoms with Crippen LogP contribution in [0.1, 0.15) is 11.3 Å². The predicted octanol–water partition coefficient (Wildman–Crippen LogP) is 2.05. The fourth-order valence-corrected chi connectivity index (χ4v) is 1.61. The number of para-hydroxylation sites is 1. The van der Waals surface area contributed by atoms with Crippen LogP contribution >= 0.6 is 0 Å². The van der Waals surface area contributed by atoms with Gasteiger partial charge in [0, 0.05) is 0 Å². The third-order valence-corrected chi connectivity index (χ3v) is 2.41. The zero-order valence-electron chi connectivity index (χ0n) is 9.14. The van der Waals surface area contributed by atoms with Crippen LogP contribution in [0, 0.1) is 0 Å². The molecule has 0 aliphatic heterocycles. The predicted molar refractivity (Wildman–Crippen MR) is 61.3 cm³/mol. The van der Waals surface area contributed by atoms with Gasteiger partial charge in [0.05, 0.1) is 12.8 Å². The van der Waals surface area contributed by atoms with Crippen LogP contribution in [0.3, 0.4) is 0 Å². The summed E-state index contributed by atoms with van der Waals surface area (Å²) in [6, 6.07) is 8.16. The summed E-state index contributed by atoms with van der Waals surface area (Å²) in [6.45, 7) is 0. The van der Waals surface area contributed by atoms with Crippen LogP contribution in [0.15, 0.2) is 34.9 Å². The van der Waals surface area contributed by atoms with E-state index in [4.69, 9.17) is 14.9 Å². The highest BCUT2D eigenvalue weighted by Gasteiger charge is 2.04. The number of nitrogens with two attached hydrogens (primary N) is 1. The van der Waals surface area contributed by atoms with E-state index in [9.17, 15) is 0 Å². The molecule has 0 spiro atoms. The highest BCUT2D eigenvalue weighted by molar-refractivity contribution is 5.33. The van der Waals surface area contributed by atoms with Gasteiger partial charge >= 0.3 is 0 Å². The van der Waals surface area contributed by atoms with Crippen molar-refractivity contribution in [1.82, 2.24) is 4.98 Å². The molecular formula is C12H14N2O2. The highest BCUT2D eigenvalue weighted by atomic mass is 16.5. The molecule has 1 heterocycles. The van der Waals surface area contributed by atoms with Gasteiger partial charge in [-0.1, -0.05) is 18.2 Å². The Bertz CT molecular complexity index is 466. The SMILES string of the molecule is COc1ccccc1CCc1coc(N)n1. The first-order valence-corrected chi connectivity index (χ1v) is 5.11. The van der Waals surface area contributed by atoms with Crippen LogP contribution in [-0.4, -0.2) is 12.1 Å². The molecule has 0 atom stereocenters. The standard InChI is InChI=1S/C12H14N2O2/c1-15-11-5-3-2-4-9(11)6-7-10-8-16-12(13)14-10/h2-5,8H,6-7H2,1H3,(H2,13,14). The number of rotatable bonds is 4. The van der Waals surface area contributed by atoms with Crippen molar-refractivity contribution in [2.45, 2.75) is 12.8 Å². The summed E-state index contributed by atoms with van der Waals surface area (Å²) >= 11 is 0. The maximum atomic E-state index is 5.40. The van der Waals surface area contributed by atoms with Crippen LogP contribution in [0.25, 0.3) is 0 Å². The zero-order valence-corrected chi connectivity index (χ0v) is 9.14. The Balaban J connectivity index is 2.04. The molecule has 0 aliphatic carbocycles. The summed E-state index contributed by atoms with van der Waals surface area (Å²) in [5.74, 6) is 0.902. The van der Waals surface area contributed by atoms with Crippen molar-refractivity contribution in [2.75, 3.05) is 12.8 Å². The molecule has 0 bridgehead atoms. The van der Waals surface area contributed by atoms with Gasteiger partial charge in [-0.25, -0.2) is 0 Å². The molecule has 0 radical (unpaired) electrons. The van der Waals surface area contributed by atoms with E-state index in [1.165, 1.54) is 0 Å². The number of oxazole rings is 1. The molecule has 2 N–H and O–H groups in total. The Hall–Kier alpha value is -1.97. The van der Waals surface area contributed by atoms with Crippen molar-refractivity contribution >= 4 is 6.01 Å². The number of methoxy groups -OCH3 is 1. The van der Waals surface area contributed by atoms with E-state index in [2.05, 4.69) is 4.98 Å². The molecule has 0 amide bonds. The molecule has 16 heavy (non-hydrogen) atoms. The molecule has 4 nitrogen and oxygen atoms in total. The Morgan fingerprint density at radius 2 is 2.12 bits per heavy atom. The number of aromatic nitrogens is 1. The lowest BCUT2D eigenvalue weighted by atomic mass is 10.1. The van der Waals surface area contributed by atoms with Gasteiger partial charge in [-0.05, 0) is 24.5 Å². The molecule has 2 rings (SSSR count). The molecule has 2 aromatic rings. The van der Waals surface area contributed by atoms with Gasteiger partial charge in [-0.3, -0.25) is 0 Å². The van der Waals surface area contributed by atoms with E-state index >= 15 is 0 Å². The molecule has 84 valence electrons. The van der Waals surface area contributed by atoms with Crippen LogP contribution < -0.4 is 10.5 Å². The molecule has 0 saturated carbocycles. The first kappa shape index (κ1) is 10.5. The maximum absolute atomic E-state index is 5.40. The van der Waals surface area contributed by atoms with E-state index in [1.54, 1.807) is 13.4 Å². The number of anilines is 1. The Morgan fingerprint density at radius 3 is 2.81 bits per heavy atom. The summed E-state index contributed by atoms with van der Waals surface area (Å²) in [4.78, 5) is 4.05.